The van der Waals surface area contributed by atoms with Crippen molar-refractivity contribution in [1.82, 2.24) is 9.62 Å². The predicted molar refractivity (Wildman–Crippen MR) is 82.3 cm³/mol. The minimum atomic E-state index is -3.27. The lowest BCUT2D eigenvalue weighted by Gasteiger charge is -2.31. The molecule has 2 unspecified atom stereocenters. The first kappa shape index (κ1) is 17.9. The number of rotatable bonds is 11. The number of hydrogen-bond acceptors (Lipinski definition) is 4. The molecule has 1 aliphatic rings. The molecule has 0 heterocycles. The van der Waals surface area contributed by atoms with E-state index < -0.39 is 15.3 Å². The number of ether oxygens (including phenoxy) is 1. The molecule has 20 heavy (non-hydrogen) atoms. The Bertz CT molecular complexity index is 369. The van der Waals surface area contributed by atoms with Crippen molar-refractivity contribution in [3.63, 3.8) is 0 Å². The van der Waals surface area contributed by atoms with E-state index in [0.29, 0.717) is 25.6 Å². The van der Waals surface area contributed by atoms with Crippen molar-refractivity contribution >= 4 is 10.0 Å². The Labute approximate surface area is 124 Å². The molecule has 0 radical (unpaired) electrons. The summed E-state index contributed by atoms with van der Waals surface area (Å²) in [5.41, 5.74) is 0. The molecule has 1 fully saturated rings. The Balaban J connectivity index is 2.69. The molecule has 1 aliphatic carbocycles. The maximum atomic E-state index is 12.7. The standard InChI is InChI=1S/C14H30N2O3S/c1-5-8-15-11-12(2)20(17,18)16(9-10-19-4)13(3)14-6-7-14/h12-15H,5-11H2,1-4H3. The van der Waals surface area contributed by atoms with Crippen LogP contribution >= 0.6 is 0 Å². The van der Waals surface area contributed by atoms with Gasteiger partial charge in [-0.15, -0.1) is 0 Å². The minimum Gasteiger partial charge on any atom is -0.383 e. The molecule has 0 aromatic heterocycles. The number of hydrogen-bond donors (Lipinski definition) is 1. The van der Waals surface area contributed by atoms with Crippen molar-refractivity contribution in [1.29, 1.82) is 0 Å². The van der Waals surface area contributed by atoms with Gasteiger partial charge in [-0.25, -0.2) is 8.42 Å². The van der Waals surface area contributed by atoms with E-state index in [-0.39, 0.29) is 6.04 Å². The maximum absolute atomic E-state index is 12.7. The zero-order valence-electron chi connectivity index (χ0n) is 13.3. The fraction of sp³-hybridized carbons (Fsp3) is 1.00. The SMILES string of the molecule is CCCNCC(C)S(=O)(=O)N(CCOC)C(C)C1CC1. The lowest BCUT2D eigenvalue weighted by atomic mass is 10.2. The van der Waals surface area contributed by atoms with Crippen LogP contribution in [0.3, 0.4) is 0 Å². The Morgan fingerprint density at radius 3 is 2.50 bits per heavy atom. The van der Waals surface area contributed by atoms with Gasteiger partial charge in [0.2, 0.25) is 10.0 Å². The molecule has 0 amide bonds. The van der Waals surface area contributed by atoms with Crippen LogP contribution in [0.25, 0.3) is 0 Å². The van der Waals surface area contributed by atoms with Crippen LogP contribution in [0, 0.1) is 5.92 Å². The molecule has 0 bridgehead atoms. The molecule has 6 heteroatoms. The zero-order chi connectivity index (χ0) is 15.2. The number of nitrogens with zero attached hydrogens (tertiary/aromatic N) is 1. The molecule has 120 valence electrons. The van der Waals surface area contributed by atoms with Gasteiger partial charge in [-0.3, -0.25) is 0 Å². The molecule has 1 saturated carbocycles. The van der Waals surface area contributed by atoms with Crippen molar-refractivity contribution in [2.24, 2.45) is 5.92 Å². The van der Waals surface area contributed by atoms with E-state index in [1.54, 1.807) is 18.3 Å². The highest BCUT2D eigenvalue weighted by atomic mass is 32.2. The molecule has 0 aliphatic heterocycles. The van der Waals surface area contributed by atoms with Crippen molar-refractivity contribution in [2.45, 2.75) is 51.3 Å². The Hall–Kier alpha value is -0.170. The van der Waals surface area contributed by atoms with E-state index in [4.69, 9.17) is 4.74 Å². The van der Waals surface area contributed by atoms with E-state index in [9.17, 15) is 8.42 Å². The van der Waals surface area contributed by atoms with Gasteiger partial charge in [-0.05, 0) is 45.6 Å². The molecular weight excluding hydrogens is 276 g/mol. The van der Waals surface area contributed by atoms with Crippen LogP contribution in [-0.4, -0.2) is 57.4 Å². The topological polar surface area (TPSA) is 58.6 Å². The lowest BCUT2D eigenvalue weighted by Crippen LogP contribution is -2.48. The quantitative estimate of drug-likeness (QED) is 0.587. The third-order valence-corrected chi connectivity index (χ3v) is 6.32. The van der Waals surface area contributed by atoms with Gasteiger partial charge in [0.05, 0.1) is 11.9 Å². The highest BCUT2D eigenvalue weighted by Gasteiger charge is 2.39. The zero-order valence-corrected chi connectivity index (χ0v) is 14.1. The van der Waals surface area contributed by atoms with Gasteiger partial charge in [-0.1, -0.05) is 6.92 Å². The van der Waals surface area contributed by atoms with Crippen molar-refractivity contribution in [3.8, 4) is 0 Å². The van der Waals surface area contributed by atoms with Gasteiger partial charge in [0.1, 0.15) is 0 Å². The molecule has 1 rings (SSSR count). The largest absolute Gasteiger partial charge is 0.383 e. The second-order valence-electron chi connectivity index (χ2n) is 5.74. The van der Waals surface area contributed by atoms with Crippen LogP contribution in [0.5, 0.6) is 0 Å². The van der Waals surface area contributed by atoms with Crippen LogP contribution in [0.15, 0.2) is 0 Å². The summed E-state index contributed by atoms with van der Waals surface area (Å²) >= 11 is 0. The lowest BCUT2D eigenvalue weighted by molar-refractivity contribution is 0.163. The first-order valence-corrected chi connectivity index (χ1v) is 9.15. The van der Waals surface area contributed by atoms with Gasteiger partial charge < -0.3 is 10.1 Å². The number of sulfonamides is 1. The molecule has 0 saturated heterocycles. The fourth-order valence-corrected chi connectivity index (χ4v) is 4.13. The Morgan fingerprint density at radius 1 is 1.35 bits per heavy atom. The normalized spacial score (nSPS) is 19.2. The summed E-state index contributed by atoms with van der Waals surface area (Å²) in [5.74, 6) is 0.525. The van der Waals surface area contributed by atoms with Gasteiger partial charge in [0.25, 0.3) is 0 Å². The van der Waals surface area contributed by atoms with Gasteiger partial charge in [0, 0.05) is 26.2 Å². The van der Waals surface area contributed by atoms with Crippen LogP contribution in [0.4, 0.5) is 0 Å². The number of methoxy groups -OCH3 is 1. The van der Waals surface area contributed by atoms with Gasteiger partial charge in [0.15, 0.2) is 0 Å². The highest BCUT2D eigenvalue weighted by molar-refractivity contribution is 7.89. The molecular formula is C14H30N2O3S. The molecule has 0 aromatic rings. The molecule has 0 aromatic carbocycles. The predicted octanol–water partition coefficient (Wildman–Crippen LogP) is 1.45. The highest BCUT2D eigenvalue weighted by Crippen LogP contribution is 2.36. The van der Waals surface area contributed by atoms with E-state index >= 15 is 0 Å². The maximum Gasteiger partial charge on any atom is 0.218 e. The van der Waals surface area contributed by atoms with Crippen molar-refractivity contribution in [2.75, 3.05) is 33.4 Å². The van der Waals surface area contributed by atoms with Crippen LogP contribution in [0.2, 0.25) is 0 Å². The summed E-state index contributed by atoms with van der Waals surface area (Å²) in [5, 5.41) is 2.80. The van der Waals surface area contributed by atoms with Gasteiger partial charge in [-0.2, -0.15) is 4.31 Å². The monoisotopic (exact) mass is 306 g/mol. The molecule has 5 nitrogen and oxygen atoms in total. The summed E-state index contributed by atoms with van der Waals surface area (Å²) in [4.78, 5) is 0. The minimum absolute atomic E-state index is 0.0868. The Morgan fingerprint density at radius 2 is 2.00 bits per heavy atom. The molecule has 1 N–H and O–H groups in total. The van der Waals surface area contributed by atoms with E-state index in [1.165, 1.54) is 0 Å². The summed E-state index contributed by atoms with van der Waals surface area (Å²) in [6.45, 7) is 8.16. The molecule has 2 atom stereocenters. The Kier molecular flexibility index (Phi) is 7.43. The van der Waals surface area contributed by atoms with Crippen LogP contribution < -0.4 is 5.32 Å². The first-order valence-electron chi connectivity index (χ1n) is 7.65. The second-order valence-corrected chi connectivity index (χ2v) is 8.04. The smallest absolute Gasteiger partial charge is 0.218 e. The fourth-order valence-electron chi connectivity index (χ4n) is 2.38. The third-order valence-electron chi connectivity index (χ3n) is 3.97. The van der Waals surface area contributed by atoms with Gasteiger partial charge >= 0.3 is 0 Å². The summed E-state index contributed by atoms with van der Waals surface area (Å²) in [6, 6.07) is 0.0868. The van der Waals surface area contributed by atoms with Crippen molar-refractivity contribution in [3.05, 3.63) is 0 Å². The number of nitrogens with one attached hydrogen (secondary N) is 1. The second kappa shape index (κ2) is 8.32. The van der Waals surface area contributed by atoms with Crippen LogP contribution in [-0.2, 0) is 14.8 Å². The van der Waals surface area contributed by atoms with E-state index in [1.807, 2.05) is 6.92 Å². The summed E-state index contributed by atoms with van der Waals surface area (Å²) in [6.07, 6.45) is 3.30. The van der Waals surface area contributed by atoms with E-state index in [0.717, 1.165) is 25.8 Å². The first-order chi connectivity index (χ1) is 9.45. The average Bonchev–Trinajstić information content (AvgIpc) is 3.23. The summed E-state index contributed by atoms with van der Waals surface area (Å²) in [7, 11) is -1.66. The van der Waals surface area contributed by atoms with Crippen LogP contribution in [0.1, 0.15) is 40.0 Å². The summed E-state index contributed by atoms with van der Waals surface area (Å²) < 4.78 is 32.2. The van der Waals surface area contributed by atoms with E-state index in [2.05, 4.69) is 12.2 Å². The van der Waals surface area contributed by atoms with Crippen molar-refractivity contribution < 1.29 is 13.2 Å². The third kappa shape index (κ3) is 4.98. The average molecular weight is 306 g/mol. The molecule has 0 spiro atoms.